The SMILES string of the molecule is CCCN1CCC(Nc2ncnc(NCC)c2OC)CC1. The van der Waals surface area contributed by atoms with Gasteiger partial charge in [0, 0.05) is 25.7 Å². The first kappa shape index (κ1) is 15.8. The van der Waals surface area contributed by atoms with Crippen LogP contribution in [0, 0.1) is 0 Å². The van der Waals surface area contributed by atoms with Gasteiger partial charge in [-0.3, -0.25) is 0 Å². The molecule has 2 heterocycles. The molecule has 0 aliphatic carbocycles. The van der Waals surface area contributed by atoms with Crippen molar-refractivity contribution in [3.63, 3.8) is 0 Å². The van der Waals surface area contributed by atoms with E-state index in [9.17, 15) is 0 Å². The Morgan fingerprint density at radius 3 is 2.57 bits per heavy atom. The summed E-state index contributed by atoms with van der Waals surface area (Å²) in [7, 11) is 1.66. The van der Waals surface area contributed by atoms with Gasteiger partial charge < -0.3 is 20.3 Å². The van der Waals surface area contributed by atoms with E-state index in [2.05, 4.69) is 32.4 Å². The number of likely N-dealkylation sites (tertiary alicyclic amines) is 1. The van der Waals surface area contributed by atoms with Crippen molar-refractivity contribution in [2.75, 3.05) is 43.9 Å². The first-order chi connectivity index (χ1) is 10.3. The number of aromatic nitrogens is 2. The largest absolute Gasteiger partial charge is 0.490 e. The number of anilines is 2. The second-order valence-corrected chi connectivity index (χ2v) is 5.39. The fourth-order valence-electron chi connectivity index (χ4n) is 2.77. The number of hydrogen-bond acceptors (Lipinski definition) is 6. The molecule has 2 N–H and O–H groups in total. The van der Waals surface area contributed by atoms with E-state index in [0.717, 1.165) is 44.1 Å². The third kappa shape index (κ3) is 4.20. The molecule has 0 amide bonds. The van der Waals surface area contributed by atoms with Gasteiger partial charge in [0.1, 0.15) is 6.33 Å². The quantitative estimate of drug-likeness (QED) is 0.803. The average Bonchev–Trinajstić information content (AvgIpc) is 2.50. The molecule has 2 rings (SSSR count). The van der Waals surface area contributed by atoms with Crippen LogP contribution in [0.2, 0.25) is 0 Å². The maximum absolute atomic E-state index is 5.47. The number of nitrogens with one attached hydrogen (secondary N) is 2. The van der Waals surface area contributed by atoms with E-state index in [-0.39, 0.29) is 0 Å². The predicted octanol–water partition coefficient (Wildman–Crippen LogP) is 2.20. The molecule has 1 aromatic rings. The van der Waals surface area contributed by atoms with Crippen molar-refractivity contribution in [2.24, 2.45) is 0 Å². The van der Waals surface area contributed by atoms with Crippen LogP contribution in [0.4, 0.5) is 11.6 Å². The van der Waals surface area contributed by atoms with Crippen LogP contribution in [0.5, 0.6) is 5.75 Å². The molecule has 1 aliphatic rings. The minimum atomic E-state index is 0.455. The first-order valence-corrected chi connectivity index (χ1v) is 7.90. The Morgan fingerprint density at radius 2 is 1.95 bits per heavy atom. The summed E-state index contributed by atoms with van der Waals surface area (Å²) in [5.41, 5.74) is 0. The topological polar surface area (TPSA) is 62.3 Å². The molecule has 0 radical (unpaired) electrons. The second-order valence-electron chi connectivity index (χ2n) is 5.39. The van der Waals surface area contributed by atoms with Gasteiger partial charge in [0.15, 0.2) is 11.6 Å². The summed E-state index contributed by atoms with van der Waals surface area (Å²) in [6, 6.07) is 0.455. The standard InChI is InChI=1S/C15H27N5O/c1-4-8-20-9-6-12(7-10-20)19-15-13(21-3)14(16-5-2)17-11-18-15/h11-12H,4-10H2,1-3H3,(H2,16,17,18,19). The van der Waals surface area contributed by atoms with E-state index in [0.29, 0.717) is 11.8 Å². The molecule has 0 atom stereocenters. The Balaban J connectivity index is 1.98. The molecule has 1 aromatic heterocycles. The molecule has 1 fully saturated rings. The van der Waals surface area contributed by atoms with Crippen LogP contribution >= 0.6 is 0 Å². The highest BCUT2D eigenvalue weighted by molar-refractivity contribution is 5.63. The molecule has 0 bridgehead atoms. The van der Waals surface area contributed by atoms with E-state index in [1.165, 1.54) is 13.0 Å². The van der Waals surface area contributed by atoms with Crippen molar-refractivity contribution in [1.29, 1.82) is 0 Å². The van der Waals surface area contributed by atoms with Crippen LogP contribution in [0.3, 0.4) is 0 Å². The van der Waals surface area contributed by atoms with Crippen molar-refractivity contribution < 1.29 is 4.74 Å². The van der Waals surface area contributed by atoms with Crippen LogP contribution in [0.1, 0.15) is 33.1 Å². The molecular weight excluding hydrogens is 266 g/mol. The van der Waals surface area contributed by atoms with Crippen molar-refractivity contribution in [3.05, 3.63) is 6.33 Å². The van der Waals surface area contributed by atoms with Gasteiger partial charge >= 0.3 is 0 Å². The normalized spacial score (nSPS) is 16.7. The van der Waals surface area contributed by atoms with Crippen LogP contribution in [-0.4, -0.2) is 54.2 Å². The zero-order valence-corrected chi connectivity index (χ0v) is 13.4. The van der Waals surface area contributed by atoms with Gasteiger partial charge in [0.2, 0.25) is 5.75 Å². The maximum atomic E-state index is 5.47. The van der Waals surface area contributed by atoms with Crippen molar-refractivity contribution >= 4 is 11.6 Å². The highest BCUT2D eigenvalue weighted by Gasteiger charge is 2.21. The van der Waals surface area contributed by atoms with Gasteiger partial charge in [0.05, 0.1) is 7.11 Å². The third-order valence-corrected chi connectivity index (χ3v) is 3.82. The van der Waals surface area contributed by atoms with Gasteiger partial charge in [-0.2, -0.15) is 0 Å². The number of nitrogens with zero attached hydrogens (tertiary/aromatic N) is 3. The van der Waals surface area contributed by atoms with E-state index >= 15 is 0 Å². The number of methoxy groups -OCH3 is 1. The van der Waals surface area contributed by atoms with E-state index in [1.54, 1.807) is 13.4 Å². The maximum Gasteiger partial charge on any atom is 0.204 e. The summed E-state index contributed by atoms with van der Waals surface area (Å²) < 4.78 is 5.47. The summed E-state index contributed by atoms with van der Waals surface area (Å²) in [4.78, 5) is 11.1. The summed E-state index contributed by atoms with van der Waals surface area (Å²) in [6.07, 6.45) is 5.09. The van der Waals surface area contributed by atoms with Crippen molar-refractivity contribution in [2.45, 2.75) is 39.2 Å². The van der Waals surface area contributed by atoms with Gasteiger partial charge in [0.25, 0.3) is 0 Å². The molecule has 21 heavy (non-hydrogen) atoms. The lowest BCUT2D eigenvalue weighted by molar-refractivity contribution is 0.219. The average molecular weight is 293 g/mol. The molecule has 1 aliphatic heterocycles. The van der Waals surface area contributed by atoms with Crippen LogP contribution < -0.4 is 15.4 Å². The summed E-state index contributed by atoms with van der Waals surface area (Å²) >= 11 is 0. The number of ether oxygens (including phenoxy) is 1. The Morgan fingerprint density at radius 1 is 1.24 bits per heavy atom. The third-order valence-electron chi connectivity index (χ3n) is 3.82. The fourth-order valence-corrected chi connectivity index (χ4v) is 2.77. The Labute approximate surface area is 127 Å². The molecule has 1 saturated heterocycles. The number of piperidine rings is 1. The molecule has 6 heteroatoms. The summed E-state index contributed by atoms with van der Waals surface area (Å²) in [5, 5.41) is 6.72. The minimum absolute atomic E-state index is 0.455. The van der Waals surface area contributed by atoms with E-state index in [1.807, 2.05) is 6.92 Å². The molecule has 0 unspecified atom stereocenters. The number of hydrogen-bond donors (Lipinski definition) is 2. The van der Waals surface area contributed by atoms with Crippen LogP contribution in [-0.2, 0) is 0 Å². The molecule has 0 spiro atoms. The smallest absolute Gasteiger partial charge is 0.204 e. The van der Waals surface area contributed by atoms with Crippen LogP contribution in [0.15, 0.2) is 6.33 Å². The van der Waals surface area contributed by atoms with Crippen molar-refractivity contribution in [1.82, 2.24) is 14.9 Å². The summed E-state index contributed by atoms with van der Waals surface area (Å²) in [5.74, 6) is 2.24. The lowest BCUT2D eigenvalue weighted by atomic mass is 10.0. The highest BCUT2D eigenvalue weighted by atomic mass is 16.5. The van der Waals surface area contributed by atoms with Gasteiger partial charge in [-0.1, -0.05) is 6.92 Å². The Bertz CT molecular complexity index is 432. The van der Waals surface area contributed by atoms with Crippen LogP contribution in [0.25, 0.3) is 0 Å². The Kier molecular flexibility index (Phi) is 6.04. The lowest BCUT2D eigenvalue weighted by Gasteiger charge is -2.32. The van der Waals surface area contributed by atoms with Gasteiger partial charge in [-0.15, -0.1) is 0 Å². The predicted molar refractivity (Wildman–Crippen MR) is 86.1 cm³/mol. The molecular formula is C15H27N5O. The van der Waals surface area contributed by atoms with Gasteiger partial charge in [-0.05, 0) is 32.7 Å². The monoisotopic (exact) mass is 293 g/mol. The van der Waals surface area contributed by atoms with E-state index < -0.39 is 0 Å². The lowest BCUT2D eigenvalue weighted by Crippen LogP contribution is -2.39. The Hall–Kier alpha value is -1.56. The summed E-state index contributed by atoms with van der Waals surface area (Å²) in [6.45, 7) is 8.59. The molecule has 6 nitrogen and oxygen atoms in total. The van der Waals surface area contributed by atoms with Crippen molar-refractivity contribution in [3.8, 4) is 5.75 Å². The highest BCUT2D eigenvalue weighted by Crippen LogP contribution is 2.30. The zero-order valence-electron chi connectivity index (χ0n) is 13.4. The molecule has 118 valence electrons. The fraction of sp³-hybridized carbons (Fsp3) is 0.733. The minimum Gasteiger partial charge on any atom is -0.490 e. The number of rotatable bonds is 7. The molecule has 0 saturated carbocycles. The zero-order chi connectivity index (χ0) is 15.1. The second kappa shape index (κ2) is 8.02. The first-order valence-electron chi connectivity index (χ1n) is 7.90. The van der Waals surface area contributed by atoms with E-state index in [4.69, 9.17) is 4.74 Å². The molecule has 0 aromatic carbocycles. The van der Waals surface area contributed by atoms with Gasteiger partial charge in [-0.25, -0.2) is 9.97 Å².